The van der Waals surface area contributed by atoms with Gasteiger partial charge in [0.2, 0.25) is 5.91 Å². The summed E-state index contributed by atoms with van der Waals surface area (Å²) in [5.74, 6) is 0.0410. The van der Waals surface area contributed by atoms with Gasteiger partial charge in [-0.05, 0) is 29.7 Å². The van der Waals surface area contributed by atoms with E-state index in [1.807, 2.05) is 42.5 Å². The molecule has 104 valence electrons. The van der Waals surface area contributed by atoms with E-state index in [-0.39, 0.29) is 11.7 Å². The van der Waals surface area contributed by atoms with E-state index in [9.17, 15) is 9.90 Å². The van der Waals surface area contributed by atoms with Crippen molar-refractivity contribution in [2.75, 3.05) is 6.54 Å². The Balaban J connectivity index is 1.82. The van der Waals surface area contributed by atoms with Gasteiger partial charge in [0.15, 0.2) is 0 Å². The molecule has 3 nitrogen and oxygen atoms in total. The van der Waals surface area contributed by atoms with Crippen molar-refractivity contribution in [2.45, 2.75) is 11.8 Å². The Kier molecular flexibility index (Phi) is 5.02. The summed E-state index contributed by atoms with van der Waals surface area (Å²) in [7, 11) is 0. The molecule has 0 saturated carbocycles. The molecule has 0 saturated heterocycles. The monoisotopic (exact) mass is 289 g/mol. The summed E-state index contributed by atoms with van der Waals surface area (Å²) in [6.07, 6.45) is 0.699. The van der Waals surface area contributed by atoms with Crippen LogP contribution in [-0.4, -0.2) is 17.6 Å². The number of rotatable bonds is 5. The van der Waals surface area contributed by atoms with E-state index in [2.05, 4.69) is 5.32 Å². The Morgan fingerprint density at radius 2 is 1.75 bits per heavy atom. The Morgan fingerprint density at radius 3 is 2.40 bits per heavy atom. The quantitative estimate of drug-likeness (QED) is 0.831. The molecule has 0 aliphatic rings. The number of hydrogen-bond acceptors (Lipinski definition) is 2. The summed E-state index contributed by atoms with van der Waals surface area (Å²) >= 11 is 6.11. The predicted molar refractivity (Wildman–Crippen MR) is 79.9 cm³/mol. The van der Waals surface area contributed by atoms with Gasteiger partial charge in [-0.1, -0.05) is 42.5 Å². The summed E-state index contributed by atoms with van der Waals surface area (Å²) in [4.78, 5) is 11.9. The molecule has 1 unspecified atom stereocenters. The fourth-order valence-corrected chi connectivity index (χ4v) is 2.08. The molecule has 2 rings (SSSR count). The molecular formula is C16H16ClNO2. The highest BCUT2D eigenvalue weighted by Crippen LogP contribution is 2.19. The highest BCUT2D eigenvalue weighted by molar-refractivity contribution is 6.30. The van der Waals surface area contributed by atoms with Crippen molar-refractivity contribution >= 4 is 17.5 Å². The number of aromatic hydroxyl groups is 1. The average molecular weight is 290 g/mol. The van der Waals surface area contributed by atoms with E-state index >= 15 is 0 Å². The first-order valence-corrected chi connectivity index (χ1v) is 6.85. The SMILES string of the molecule is O=C(NCCc1ccc(O)cc1)C(Cl)c1ccccc1. The third-order valence-electron chi connectivity index (χ3n) is 2.97. The molecule has 2 aromatic carbocycles. The topological polar surface area (TPSA) is 49.3 Å². The maximum Gasteiger partial charge on any atom is 0.242 e. The lowest BCUT2D eigenvalue weighted by Gasteiger charge is -2.10. The Labute approximate surface area is 123 Å². The minimum absolute atomic E-state index is 0.198. The van der Waals surface area contributed by atoms with Gasteiger partial charge in [-0.15, -0.1) is 11.6 Å². The predicted octanol–water partition coefficient (Wildman–Crippen LogP) is 3.03. The highest BCUT2D eigenvalue weighted by atomic mass is 35.5. The van der Waals surface area contributed by atoms with E-state index in [4.69, 9.17) is 11.6 Å². The molecule has 0 heterocycles. The van der Waals surface area contributed by atoms with Gasteiger partial charge in [0.1, 0.15) is 11.1 Å². The number of nitrogens with one attached hydrogen (secondary N) is 1. The minimum Gasteiger partial charge on any atom is -0.508 e. The molecule has 0 aromatic heterocycles. The molecule has 1 atom stereocenters. The minimum atomic E-state index is -0.670. The first-order chi connectivity index (χ1) is 9.66. The van der Waals surface area contributed by atoms with Gasteiger partial charge >= 0.3 is 0 Å². The molecule has 0 spiro atoms. The molecule has 2 N–H and O–H groups in total. The molecule has 20 heavy (non-hydrogen) atoms. The number of amides is 1. The van der Waals surface area contributed by atoms with Crippen LogP contribution >= 0.6 is 11.6 Å². The highest BCUT2D eigenvalue weighted by Gasteiger charge is 2.16. The van der Waals surface area contributed by atoms with Crippen LogP contribution in [0.1, 0.15) is 16.5 Å². The van der Waals surface area contributed by atoms with Gasteiger partial charge in [-0.25, -0.2) is 0 Å². The van der Waals surface area contributed by atoms with Gasteiger partial charge in [-0.2, -0.15) is 0 Å². The molecule has 0 aliphatic carbocycles. The van der Waals surface area contributed by atoms with Crippen LogP contribution in [0.4, 0.5) is 0 Å². The molecule has 4 heteroatoms. The number of phenols is 1. The second-order valence-electron chi connectivity index (χ2n) is 4.48. The number of carbonyl (C=O) groups is 1. The number of hydrogen-bond donors (Lipinski definition) is 2. The van der Waals surface area contributed by atoms with Crippen LogP contribution in [0.5, 0.6) is 5.75 Å². The first-order valence-electron chi connectivity index (χ1n) is 6.41. The Bertz CT molecular complexity index is 554. The zero-order valence-electron chi connectivity index (χ0n) is 10.9. The smallest absolute Gasteiger partial charge is 0.242 e. The van der Waals surface area contributed by atoms with Crippen molar-refractivity contribution in [3.63, 3.8) is 0 Å². The van der Waals surface area contributed by atoms with Crippen molar-refractivity contribution in [3.8, 4) is 5.75 Å². The van der Waals surface area contributed by atoms with Crippen molar-refractivity contribution < 1.29 is 9.90 Å². The van der Waals surface area contributed by atoms with E-state index in [1.165, 1.54) is 0 Å². The Morgan fingerprint density at radius 1 is 1.10 bits per heavy atom. The van der Waals surface area contributed by atoms with Gasteiger partial charge in [0.25, 0.3) is 0 Å². The summed E-state index contributed by atoms with van der Waals surface area (Å²) in [5.41, 5.74) is 1.84. The van der Waals surface area contributed by atoms with E-state index < -0.39 is 5.38 Å². The molecule has 0 fully saturated rings. The zero-order valence-corrected chi connectivity index (χ0v) is 11.7. The van der Waals surface area contributed by atoms with Crippen LogP contribution < -0.4 is 5.32 Å². The second-order valence-corrected chi connectivity index (χ2v) is 4.92. The van der Waals surface area contributed by atoms with Gasteiger partial charge in [0.05, 0.1) is 0 Å². The fourth-order valence-electron chi connectivity index (χ4n) is 1.86. The number of benzene rings is 2. The lowest BCUT2D eigenvalue weighted by molar-refractivity contribution is -0.120. The second kappa shape index (κ2) is 6.96. The lowest BCUT2D eigenvalue weighted by Crippen LogP contribution is -2.28. The first kappa shape index (κ1) is 14.4. The average Bonchev–Trinajstić information content (AvgIpc) is 2.49. The molecule has 0 radical (unpaired) electrons. The van der Waals surface area contributed by atoms with Gasteiger partial charge in [-0.3, -0.25) is 4.79 Å². The molecular weight excluding hydrogens is 274 g/mol. The van der Waals surface area contributed by atoms with Gasteiger partial charge in [0, 0.05) is 6.54 Å². The number of halogens is 1. The van der Waals surface area contributed by atoms with E-state index in [0.29, 0.717) is 13.0 Å². The number of carbonyl (C=O) groups excluding carboxylic acids is 1. The summed E-state index contributed by atoms with van der Waals surface area (Å²) < 4.78 is 0. The summed E-state index contributed by atoms with van der Waals surface area (Å²) in [6, 6.07) is 16.2. The van der Waals surface area contributed by atoms with Crippen molar-refractivity contribution in [2.24, 2.45) is 0 Å². The normalized spacial score (nSPS) is 11.8. The van der Waals surface area contributed by atoms with Crippen molar-refractivity contribution in [3.05, 3.63) is 65.7 Å². The molecule has 0 bridgehead atoms. The van der Waals surface area contributed by atoms with Crippen LogP contribution in [0.2, 0.25) is 0 Å². The van der Waals surface area contributed by atoms with Crippen molar-refractivity contribution in [1.82, 2.24) is 5.32 Å². The maximum absolute atomic E-state index is 11.9. The molecule has 1 amide bonds. The van der Waals surface area contributed by atoms with Crippen LogP contribution in [-0.2, 0) is 11.2 Å². The van der Waals surface area contributed by atoms with Crippen LogP contribution in [0.25, 0.3) is 0 Å². The van der Waals surface area contributed by atoms with Crippen LogP contribution in [0, 0.1) is 0 Å². The van der Waals surface area contributed by atoms with E-state index in [0.717, 1.165) is 11.1 Å². The summed E-state index contributed by atoms with van der Waals surface area (Å²) in [5, 5.41) is 11.3. The van der Waals surface area contributed by atoms with Gasteiger partial charge < -0.3 is 10.4 Å². The number of phenolic OH excluding ortho intramolecular Hbond substituents is 1. The fraction of sp³-hybridized carbons (Fsp3) is 0.188. The largest absolute Gasteiger partial charge is 0.508 e. The maximum atomic E-state index is 11.9. The number of alkyl halides is 1. The third kappa shape index (κ3) is 4.00. The lowest BCUT2D eigenvalue weighted by atomic mass is 10.1. The van der Waals surface area contributed by atoms with Crippen molar-refractivity contribution in [1.29, 1.82) is 0 Å². The molecule has 2 aromatic rings. The van der Waals surface area contributed by atoms with E-state index in [1.54, 1.807) is 12.1 Å². The third-order valence-corrected chi connectivity index (χ3v) is 3.42. The Hall–Kier alpha value is -2.00. The molecule has 0 aliphatic heterocycles. The van der Waals surface area contributed by atoms with Crippen LogP contribution in [0.3, 0.4) is 0 Å². The van der Waals surface area contributed by atoms with Crippen LogP contribution in [0.15, 0.2) is 54.6 Å². The summed E-state index contributed by atoms with van der Waals surface area (Å²) in [6.45, 7) is 0.514. The standard InChI is InChI=1S/C16H16ClNO2/c17-15(13-4-2-1-3-5-13)16(20)18-11-10-12-6-8-14(19)9-7-12/h1-9,15,19H,10-11H2,(H,18,20). The zero-order chi connectivity index (χ0) is 14.4.